The molecule has 7 heteroatoms. The van der Waals surface area contributed by atoms with E-state index in [1.165, 1.54) is 12.8 Å². The van der Waals surface area contributed by atoms with E-state index in [9.17, 15) is 4.79 Å². The van der Waals surface area contributed by atoms with Crippen molar-refractivity contribution in [1.82, 2.24) is 15.0 Å². The van der Waals surface area contributed by atoms with Gasteiger partial charge in [-0.2, -0.15) is 4.98 Å². The number of rotatable bonds is 4. The molecule has 150 valence electrons. The summed E-state index contributed by atoms with van der Waals surface area (Å²) in [6.07, 6.45) is 4.27. The number of aromatic nitrogens is 2. The zero-order valence-electron chi connectivity index (χ0n) is 16.5. The van der Waals surface area contributed by atoms with E-state index in [1.807, 2.05) is 36.9 Å². The third kappa shape index (κ3) is 3.88. The maximum Gasteiger partial charge on any atom is 0.253 e. The number of carbonyl (C=O) groups excluding carboxylic acids is 1. The van der Waals surface area contributed by atoms with Gasteiger partial charge in [-0.25, -0.2) is 0 Å². The molecule has 0 saturated carbocycles. The molecule has 2 aliphatic rings. The monoisotopic (exact) mass is 402 g/mol. The van der Waals surface area contributed by atoms with Crippen LogP contribution < -0.4 is 4.90 Å². The molecule has 1 aromatic heterocycles. The molecule has 2 saturated heterocycles. The molecule has 0 spiro atoms. The second kappa shape index (κ2) is 8.11. The summed E-state index contributed by atoms with van der Waals surface area (Å²) in [4.78, 5) is 21.8. The van der Waals surface area contributed by atoms with Gasteiger partial charge in [0.25, 0.3) is 5.91 Å². The van der Waals surface area contributed by atoms with Gasteiger partial charge < -0.3 is 14.3 Å². The van der Waals surface area contributed by atoms with E-state index in [0.717, 1.165) is 44.0 Å². The van der Waals surface area contributed by atoms with Gasteiger partial charge in [-0.1, -0.05) is 30.6 Å². The summed E-state index contributed by atoms with van der Waals surface area (Å²) in [6, 6.07) is 5.69. The van der Waals surface area contributed by atoms with Gasteiger partial charge >= 0.3 is 0 Å². The lowest BCUT2D eigenvalue weighted by Crippen LogP contribution is -2.39. The standard InChI is InChI=1S/C21H27ClN4O2/c1-14(2)19-23-20(28-24-19)16-6-5-11-26(13-16)21(27)15-7-8-18(17(22)12-15)25-9-3-4-10-25/h7-8,12,14,16H,3-6,9-11,13H2,1-2H3. The van der Waals surface area contributed by atoms with Crippen LogP contribution in [0.15, 0.2) is 22.7 Å². The number of amides is 1. The highest BCUT2D eigenvalue weighted by Gasteiger charge is 2.29. The van der Waals surface area contributed by atoms with Crippen molar-refractivity contribution in [3.05, 3.63) is 40.5 Å². The number of hydrogen-bond donors (Lipinski definition) is 0. The first-order chi connectivity index (χ1) is 13.5. The first-order valence-corrected chi connectivity index (χ1v) is 10.6. The zero-order chi connectivity index (χ0) is 19.7. The Labute approximate surface area is 170 Å². The summed E-state index contributed by atoms with van der Waals surface area (Å²) >= 11 is 6.50. The lowest BCUT2D eigenvalue weighted by atomic mass is 9.97. The molecule has 2 fully saturated rings. The molecule has 0 N–H and O–H groups in total. The van der Waals surface area contributed by atoms with Gasteiger partial charge in [-0.3, -0.25) is 4.79 Å². The van der Waals surface area contributed by atoms with Crippen molar-refractivity contribution in [1.29, 1.82) is 0 Å². The Balaban J connectivity index is 1.47. The normalized spacial score (nSPS) is 20.2. The molecule has 0 radical (unpaired) electrons. The Hall–Kier alpha value is -2.08. The summed E-state index contributed by atoms with van der Waals surface area (Å²) < 4.78 is 5.47. The molecular formula is C21H27ClN4O2. The van der Waals surface area contributed by atoms with Crippen LogP contribution in [-0.2, 0) is 0 Å². The molecular weight excluding hydrogens is 376 g/mol. The smallest absolute Gasteiger partial charge is 0.253 e. The van der Waals surface area contributed by atoms with Gasteiger partial charge in [-0.15, -0.1) is 0 Å². The van der Waals surface area contributed by atoms with Crippen LogP contribution in [0.2, 0.25) is 5.02 Å². The largest absolute Gasteiger partial charge is 0.370 e. The molecule has 1 aromatic carbocycles. The number of halogens is 1. The number of benzene rings is 1. The van der Waals surface area contributed by atoms with Crippen molar-refractivity contribution >= 4 is 23.2 Å². The van der Waals surface area contributed by atoms with Gasteiger partial charge in [0, 0.05) is 37.7 Å². The number of anilines is 1. The Bertz CT molecular complexity index is 845. The fraction of sp³-hybridized carbons (Fsp3) is 0.571. The molecule has 1 unspecified atom stereocenters. The van der Waals surface area contributed by atoms with Crippen LogP contribution in [0.1, 0.15) is 73.4 Å². The van der Waals surface area contributed by atoms with Gasteiger partial charge in [-0.05, 0) is 43.9 Å². The molecule has 4 rings (SSSR count). The van der Waals surface area contributed by atoms with Gasteiger partial charge in [0.2, 0.25) is 5.89 Å². The van der Waals surface area contributed by atoms with Crippen molar-refractivity contribution in [2.75, 3.05) is 31.1 Å². The van der Waals surface area contributed by atoms with Crippen LogP contribution in [-0.4, -0.2) is 47.1 Å². The average Bonchev–Trinajstić information content (AvgIpc) is 3.39. The maximum atomic E-state index is 13.1. The summed E-state index contributed by atoms with van der Waals surface area (Å²) in [5.41, 5.74) is 1.67. The van der Waals surface area contributed by atoms with E-state index in [4.69, 9.17) is 16.1 Å². The van der Waals surface area contributed by atoms with E-state index < -0.39 is 0 Å². The van der Waals surface area contributed by atoms with Crippen LogP contribution >= 0.6 is 11.6 Å². The predicted octanol–water partition coefficient (Wildman–Crippen LogP) is 4.47. The Morgan fingerprint density at radius 3 is 2.68 bits per heavy atom. The molecule has 2 aliphatic heterocycles. The van der Waals surface area contributed by atoms with E-state index in [2.05, 4.69) is 15.0 Å². The van der Waals surface area contributed by atoms with Crippen molar-refractivity contribution in [2.45, 2.75) is 51.4 Å². The highest BCUT2D eigenvalue weighted by atomic mass is 35.5. The van der Waals surface area contributed by atoms with Crippen LogP contribution in [0.4, 0.5) is 5.69 Å². The van der Waals surface area contributed by atoms with Crippen LogP contribution in [0.3, 0.4) is 0 Å². The van der Waals surface area contributed by atoms with Crippen molar-refractivity contribution in [2.24, 2.45) is 0 Å². The predicted molar refractivity (Wildman–Crippen MR) is 109 cm³/mol. The van der Waals surface area contributed by atoms with Crippen LogP contribution in [0.5, 0.6) is 0 Å². The highest BCUT2D eigenvalue weighted by molar-refractivity contribution is 6.33. The van der Waals surface area contributed by atoms with Crippen molar-refractivity contribution in [3.63, 3.8) is 0 Å². The van der Waals surface area contributed by atoms with Gasteiger partial charge in [0.15, 0.2) is 5.82 Å². The fourth-order valence-electron chi connectivity index (χ4n) is 4.05. The van der Waals surface area contributed by atoms with E-state index in [1.54, 1.807) is 0 Å². The first kappa shape index (κ1) is 19.2. The van der Waals surface area contributed by atoms with E-state index in [0.29, 0.717) is 23.0 Å². The Kier molecular flexibility index (Phi) is 5.58. The number of hydrogen-bond acceptors (Lipinski definition) is 5. The molecule has 1 atom stereocenters. The van der Waals surface area contributed by atoms with Crippen LogP contribution in [0.25, 0.3) is 0 Å². The molecule has 0 bridgehead atoms. The third-order valence-electron chi connectivity index (χ3n) is 5.67. The molecule has 2 aromatic rings. The minimum absolute atomic E-state index is 0.0168. The minimum atomic E-state index is 0.0168. The summed E-state index contributed by atoms with van der Waals surface area (Å²) in [6.45, 7) is 7.49. The molecule has 3 heterocycles. The van der Waals surface area contributed by atoms with Crippen molar-refractivity contribution < 1.29 is 9.32 Å². The zero-order valence-corrected chi connectivity index (χ0v) is 17.3. The minimum Gasteiger partial charge on any atom is -0.370 e. The lowest BCUT2D eigenvalue weighted by molar-refractivity contribution is 0.0695. The number of carbonyl (C=O) groups is 1. The van der Waals surface area contributed by atoms with Crippen LogP contribution in [0, 0.1) is 0 Å². The van der Waals surface area contributed by atoms with E-state index >= 15 is 0 Å². The Morgan fingerprint density at radius 1 is 1.21 bits per heavy atom. The van der Waals surface area contributed by atoms with Gasteiger partial charge in [0.1, 0.15) is 0 Å². The van der Waals surface area contributed by atoms with Gasteiger partial charge in [0.05, 0.1) is 16.6 Å². The SMILES string of the molecule is CC(C)c1noc(C2CCCN(C(=O)c3ccc(N4CCCC4)c(Cl)c3)C2)n1. The quantitative estimate of drug-likeness (QED) is 0.755. The topological polar surface area (TPSA) is 62.5 Å². The number of nitrogens with zero attached hydrogens (tertiary/aromatic N) is 4. The molecule has 28 heavy (non-hydrogen) atoms. The number of likely N-dealkylation sites (tertiary alicyclic amines) is 1. The van der Waals surface area contributed by atoms with E-state index in [-0.39, 0.29) is 17.7 Å². The Morgan fingerprint density at radius 2 is 2.00 bits per heavy atom. The average molecular weight is 403 g/mol. The molecule has 1 amide bonds. The second-order valence-corrected chi connectivity index (χ2v) is 8.50. The first-order valence-electron chi connectivity index (χ1n) is 10.2. The fourth-order valence-corrected chi connectivity index (χ4v) is 4.35. The summed E-state index contributed by atoms with van der Waals surface area (Å²) in [5.74, 6) is 1.71. The van der Waals surface area contributed by atoms with Crippen molar-refractivity contribution in [3.8, 4) is 0 Å². The third-order valence-corrected chi connectivity index (χ3v) is 5.98. The summed E-state index contributed by atoms with van der Waals surface area (Å²) in [7, 11) is 0. The number of piperidine rings is 1. The summed E-state index contributed by atoms with van der Waals surface area (Å²) in [5, 5.41) is 4.72. The second-order valence-electron chi connectivity index (χ2n) is 8.10. The highest BCUT2D eigenvalue weighted by Crippen LogP contribution is 2.31. The maximum absolute atomic E-state index is 13.1. The lowest BCUT2D eigenvalue weighted by Gasteiger charge is -2.31. The molecule has 6 nitrogen and oxygen atoms in total. The molecule has 0 aliphatic carbocycles.